The van der Waals surface area contributed by atoms with Gasteiger partial charge in [0.2, 0.25) is 0 Å². The van der Waals surface area contributed by atoms with Crippen molar-refractivity contribution in [3.05, 3.63) is 34.6 Å². The second-order valence-electron chi connectivity index (χ2n) is 6.78. The van der Waals surface area contributed by atoms with Crippen LogP contribution in [-0.2, 0) is 16.1 Å². The Labute approximate surface area is 150 Å². The lowest BCUT2D eigenvalue weighted by molar-refractivity contribution is -0.119. The number of carbonyl (C=O) groups excluding carboxylic acids is 1. The van der Waals surface area contributed by atoms with E-state index in [0.29, 0.717) is 29.0 Å². The fraction of sp³-hybridized carbons (Fsp3) is 0.526. The number of hydrogen-bond acceptors (Lipinski definition) is 5. The minimum atomic E-state index is -0.0856. The molecule has 0 bridgehead atoms. The van der Waals surface area contributed by atoms with Crippen LogP contribution in [0.1, 0.15) is 38.5 Å². The highest BCUT2D eigenvalue weighted by molar-refractivity contribution is 8.00. The molecule has 2 aliphatic rings. The van der Waals surface area contributed by atoms with Gasteiger partial charge in [-0.25, -0.2) is 4.98 Å². The standard InChI is InChI=1S/C19H22N2O3S/c22-16-9-3-4-10-17(16)25-19-20-15-8-2-1-7-14(15)18(23)21(19)12-13-6-5-11-24-13/h1-2,7-8,13,17H,3-6,9-12H2/t13-,17+/m0/s1. The molecule has 25 heavy (non-hydrogen) atoms. The van der Waals surface area contributed by atoms with Crippen LogP contribution in [0, 0.1) is 0 Å². The van der Waals surface area contributed by atoms with Gasteiger partial charge < -0.3 is 4.74 Å². The number of benzene rings is 1. The third-order valence-corrected chi connectivity index (χ3v) is 6.29. The fourth-order valence-electron chi connectivity index (χ4n) is 3.59. The van der Waals surface area contributed by atoms with E-state index in [0.717, 1.165) is 38.7 Å². The van der Waals surface area contributed by atoms with Gasteiger partial charge in [-0.05, 0) is 37.8 Å². The number of hydrogen-bond donors (Lipinski definition) is 0. The van der Waals surface area contributed by atoms with Crippen molar-refractivity contribution < 1.29 is 9.53 Å². The molecule has 0 N–H and O–H groups in total. The van der Waals surface area contributed by atoms with Crippen LogP contribution in [0.3, 0.4) is 0 Å². The van der Waals surface area contributed by atoms with E-state index in [1.807, 2.05) is 24.3 Å². The first-order valence-electron chi connectivity index (χ1n) is 9.03. The van der Waals surface area contributed by atoms with Crippen LogP contribution >= 0.6 is 11.8 Å². The molecule has 2 aromatic rings. The minimum Gasteiger partial charge on any atom is -0.376 e. The zero-order valence-corrected chi connectivity index (χ0v) is 15.0. The molecule has 0 spiro atoms. The Morgan fingerprint density at radius 1 is 1.16 bits per heavy atom. The van der Waals surface area contributed by atoms with Gasteiger partial charge in [0.1, 0.15) is 5.78 Å². The van der Waals surface area contributed by atoms with Crippen molar-refractivity contribution in [1.82, 2.24) is 9.55 Å². The molecule has 6 heteroatoms. The summed E-state index contributed by atoms with van der Waals surface area (Å²) < 4.78 is 7.45. The van der Waals surface area contributed by atoms with Gasteiger partial charge in [0.25, 0.3) is 5.56 Å². The highest BCUT2D eigenvalue weighted by Crippen LogP contribution is 2.31. The lowest BCUT2D eigenvalue weighted by atomic mass is 9.99. The van der Waals surface area contributed by atoms with Crippen molar-refractivity contribution in [3.8, 4) is 0 Å². The molecular weight excluding hydrogens is 336 g/mol. The van der Waals surface area contributed by atoms with Gasteiger partial charge in [0.05, 0.1) is 28.8 Å². The van der Waals surface area contributed by atoms with Crippen LogP contribution in [0.4, 0.5) is 0 Å². The molecule has 0 radical (unpaired) electrons. The summed E-state index contributed by atoms with van der Waals surface area (Å²) in [6, 6.07) is 7.43. The molecule has 0 amide bonds. The Kier molecular flexibility index (Phi) is 4.90. The molecule has 2 heterocycles. The summed E-state index contributed by atoms with van der Waals surface area (Å²) in [7, 11) is 0. The van der Waals surface area contributed by atoms with Gasteiger partial charge in [-0.3, -0.25) is 14.2 Å². The lowest BCUT2D eigenvalue weighted by Crippen LogP contribution is -2.30. The number of nitrogens with zero attached hydrogens (tertiary/aromatic N) is 2. The average Bonchev–Trinajstić information content (AvgIpc) is 3.13. The van der Waals surface area contributed by atoms with E-state index in [4.69, 9.17) is 9.72 Å². The average molecular weight is 358 g/mol. The molecule has 1 saturated carbocycles. The second-order valence-corrected chi connectivity index (χ2v) is 7.95. The topological polar surface area (TPSA) is 61.2 Å². The molecule has 4 rings (SSSR count). The third-order valence-electron chi connectivity index (χ3n) is 4.98. The summed E-state index contributed by atoms with van der Waals surface area (Å²) in [6.07, 6.45) is 5.60. The molecule has 132 valence electrons. The van der Waals surface area contributed by atoms with Crippen LogP contribution in [0.15, 0.2) is 34.2 Å². The van der Waals surface area contributed by atoms with E-state index in [1.165, 1.54) is 11.8 Å². The van der Waals surface area contributed by atoms with E-state index >= 15 is 0 Å². The van der Waals surface area contributed by atoms with Crippen molar-refractivity contribution in [2.24, 2.45) is 0 Å². The minimum absolute atomic E-state index is 0.0353. The molecule has 0 unspecified atom stereocenters. The highest BCUT2D eigenvalue weighted by Gasteiger charge is 2.27. The number of Topliss-reactive ketones (excluding diaryl/α,β-unsaturated/α-hetero) is 1. The van der Waals surface area contributed by atoms with Crippen LogP contribution in [0.25, 0.3) is 10.9 Å². The monoisotopic (exact) mass is 358 g/mol. The molecule has 5 nitrogen and oxygen atoms in total. The maximum atomic E-state index is 13.0. The molecule has 1 aromatic heterocycles. The molecule has 1 saturated heterocycles. The van der Waals surface area contributed by atoms with Crippen molar-refractivity contribution in [1.29, 1.82) is 0 Å². The molecular formula is C19H22N2O3S. The Morgan fingerprint density at radius 3 is 2.84 bits per heavy atom. The first-order chi connectivity index (χ1) is 12.2. The number of fused-ring (bicyclic) bond motifs is 1. The van der Waals surface area contributed by atoms with Crippen LogP contribution in [-0.4, -0.2) is 33.3 Å². The van der Waals surface area contributed by atoms with Crippen LogP contribution in [0.5, 0.6) is 0 Å². The molecule has 2 fully saturated rings. The number of rotatable bonds is 4. The van der Waals surface area contributed by atoms with Crippen molar-refractivity contribution in [2.45, 2.75) is 61.6 Å². The van der Waals surface area contributed by atoms with Gasteiger partial charge in [-0.2, -0.15) is 0 Å². The van der Waals surface area contributed by atoms with Crippen molar-refractivity contribution in [3.63, 3.8) is 0 Å². The normalized spacial score (nSPS) is 24.1. The Bertz CT molecular complexity index is 842. The number of thioether (sulfide) groups is 1. The number of ketones is 1. The van der Waals surface area contributed by atoms with Crippen LogP contribution < -0.4 is 5.56 Å². The van der Waals surface area contributed by atoms with Crippen LogP contribution in [0.2, 0.25) is 0 Å². The fourth-order valence-corrected chi connectivity index (χ4v) is 4.82. The summed E-state index contributed by atoms with van der Waals surface area (Å²) >= 11 is 1.46. The SMILES string of the molecule is O=C1CCCC[C@H]1Sc1nc2ccccc2c(=O)n1C[C@@H]1CCCO1. The zero-order valence-electron chi connectivity index (χ0n) is 14.1. The van der Waals surface area contributed by atoms with E-state index in [1.54, 1.807) is 4.57 Å². The Balaban J connectivity index is 1.74. The highest BCUT2D eigenvalue weighted by atomic mass is 32.2. The molecule has 1 aliphatic heterocycles. The zero-order chi connectivity index (χ0) is 17.2. The number of aromatic nitrogens is 2. The van der Waals surface area contributed by atoms with Gasteiger partial charge >= 0.3 is 0 Å². The summed E-state index contributed by atoms with van der Waals surface area (Å²) in [5, 5.41) is 1.19. The summed E-state index contributed by atoms with van der Waals surface area (Å²) in [4.78, 5) is 30.0. The smallest absolute Gasteiger partial charge is 0.262 e. The van der Waals surface area contributed by atoms with Gasteiger partial charge in [0, 0.05) is 13.0 Å². The molecule has 1 aliphatic carbocycles. The predicted molar refractivity (Wildman–Crippen MR) is 98.1 cm³/mol. The van der Waals surface area contributed by atoms with Crippen molar-refractivity contribution in [2.75, 3.05) is 6.61 Å². The third kappa shape index (κ3) is 3.51. The maximum absolute atomic E-state index is 13.0. The van der Waals surface area contributed by atoms with Crippen molar-refractivity contribution >= 4 is 28.4 Å². The number of carbonyl (C=O) groups is 1. The lowest BCUT2D eigenvalue weighted by Gasteiger charge is -2.22. The first-order valence-corrected chi connectivity index (χ1v) is 9.91. The van der Waals surface area contributed by atoms with E-state index < -0.39 is 0 Å². The number of ether oxygens (including phenoxy) is 1. The first kappa shape index (κ1) is 16.8. The predicted octanol–water partition coefficient (Wildman–Crippen LogP) is 3.18. The summed E-state index contributed by atoms with van der Waals surface area (Å²) in [5.41, 5.74) is 0.661. The maximum Gasteiger partial charge on any atom is 0.262 e. The van der Waals surface area contributed by atoms with Gasteiger partial charge in [-0.1, -0.05) is 30.3 Å². The van der Waals surface area contributed by atoms with E-state index in [2.05, 4.69) is 0 Å². The second kappa shape index (κ2) is 7.30. The molecule has 2 atom stereocenters. The van der Waals surface area contributed by atoms with Gasteiger partial charge in [-0.15, -0.1) is 0 Å². The number of para-hydroxylation sites is 1. The summed E-state index contributed by atoms with van der Waals surface area (Å²) in [5.74, 6) is 0.280. The quantitative estimate of drug-likeness (QED) is 0.786. The van der Waals surface area contributed by atoms with E-state index in [9.17, 15) is 9.59 Å². The van der Waals surface area contributed by atoms with E-state index in [-0.39, 0.29) is 22.7 Å². The van der Waals surface area contributed by atoms with Gasteiger partial charge in [0.15, 0.2) is 5.16 Å². The largest absolute Gasteiger partial charge is 0.376 e. The Morgan fingerprint density at radius 2 is 2.04 bits per heavy atom. The summed E-state index contributed by atoms with van der Waals surface area (Å²) in [6.45, 7) is 1.27. The Hall–Kier alpha value is -1.66. The molecule has 1 aromatic carbocycles.